The summed E-state index contributed by atoms with van der Waals surface area (Å²) in [5.41, 5.74) is 1.17. The number of carbonyl (C=O) groups is 1. The molecule has 0 radical (unpaired) electrons. The quantitative estimate of drug-likeness (QED) is 0.580. The van der Waals surface area contributed by atoms with Crippen LogP contribution in [0.5, 0.6) is 5.75 Å². The Labute approximate surface area is 150 Å². The van der Waals surface area contributed by atoms with E-state index in [-0.39, 0.29) is 5.91 Å². The Morgan fingerprint density at radius 1 is 1.16 bits per heavy atom. The highest BCUT2D eigenvalue weighted by atomic mass is 16.5. The maximum atomic E-state index is 11.3. The summed E-state index contributed by atoms with van der Waals surface area (Å²) in [5, 5.41) is 6.65. The predicted octanol–water partition coefficient (Wildman–Crippen LogP) is 0.524. The Balaban J connectivity index is 1.66. The number of piperazine rings is 1. The molecule has 0 aliphatic carbocycles. The number of methoxy groups -OCH3 is 1. The van der Waals surface area contributed by atoms with Crippen molar-refractivity contribution in [1.29, 1.82) is 0 Å². The second-order valence-electron chi connectivity index (χ2n) is 6.05. The van der Waals surface area contributed by atoms with Gasteiger partial charge in [-0.1, -0.05) is 12.1 Å². The van der Waals surface area contributed by atoms with Crippen LogP contribution in [0.2, 0.25) is 0 Å². The number of rotatable bonds is 6. The third-order valence-electron chi connectivity index (χ3n) is 4.38. The predicted molar refractivity (Wildman–Crippen MR) is 99.9 cm³/mol. The first kappa shape index (κ1) is 19.1. The molecule has 25 heavy (non-hydrogen) atoms. The summed E-state index contributed by atoms with van der Waals surface area (Å²) in [5.74, 6) is 1.82. The minimum atomic E-state index is 0.168. The molecular formula is C18H29N5O2. The summed E-state index contributed by atoms with van der Waals surface area (Å²) in [6.45, 7) is 7.60. The van der Waals surface area contributed by atoms with Crippen LogP contribution in [0.1, 0.15) is 12.5 Å². The van der Waals surface area contributed by atoms with E-state index in [1.165, 1.54) is 5.56 Å². The number of ether oxygens (including phenoxy) is 1. The number of nitrogens with one attached hydrogen (secondary N) is 2. The standard InChI is InChI=1S/C18H29N5O2/c1-15(24)23-12-10-22(11-13-23)9-8-20-18(19-2)21-14-16-4-6-17(25-3)7-5-16/h4-7H,8-14H2,1-3H3,(H2,19,20,21). The third-order valence-corrected chi connectivity index (χ3v) is 4.38. The molecule has 1 fully saturated rings. The van der Waals surface area contributed by atoms with Gasteiger partial charge in [-0.25, -0.2) is 0 Å². The molecule has 1 heterocycles. The SMILES string of the molecule is CN=C(NCCN1CCN(C(C)=O)CC1)NCc1ccc(OC)cc1. The Bertz CT molecular complexity index is 565. The van der Waals surface area contributed by atoms with E-state index in [1.54, 1.807) is 21.1 Å². The van der Waals surface area contributed by atoms with Gasteiger partial charge in [0.15, 0.2) is 5.96 Å². The van der Waals surface area contributed by atoms with Gasteiger partial charge in [-0.3, -0.25) is 14.7 Å². The van der Waals surface area contributed by atoms with E-state index in [2.05, 4.69) is 20.5 Å². The molecule has 2 N–H and O–H groups in total. The first-order valence-corrected chi connectivity index (χ1v) is 8.67. The highest BCUT2D eigenvalue weighted by Crippen LogP contribution is 2.10. The van der Waals surface area contributed by atoms with E-state index in [0.29, 0.717) is 6.54 Å². The number of hydrogen-bond acceptors (Lipinski definition) is 4. The minimum absolute atomic E-state index is 0.168. The van der Waals surface area contributed by atoms with Crippen LogP contribution in [-0.4, -0.2) is 75.1 Å². The molecule has 0 unspecified atom stereocenters. The van der Waals surface area contributed by atoms with Gasteiger partial charge in [0.05, 0.1) is 7.11 Å². The molecule has 7 heteroatoms. The normalized spacial score (nSPS) is 15.8. The summed E-state index contributed by atoms with van der Waals surface area (Å²) >= 11 is 0. The molecule has 0 aromatic heterocycles. The van der Waals surface area contributed by atoms with Crippen molar-refractivity contribution in [2.75, 3.05) is 53.4 Å². The van der Waals surface area contributed by atoms with Gasteiger partial charge in [0.1, 0.15) is 5.75 Å². The van der Waals surface area contributed by atoms with E-state index in [1.807, 2.05) is 29.2 Å². The van der Waals surface area contributed by atoms with Crippen molar-refractivity contribution in [3.05, 3.63) is 29.8 Å². The summed E-state index contributed by atoms with van der Waals surface area (Å²) in [7, 11) is 3.44. The second-order valence-corrected chi connectivity index (χ2v) is 6.05. The molecule has 1 saturated heterocycles. The Morgan fingerprint density at radius 3 is 2.40 bits per heavy atom. The minimum Gasteiger partial charge on any atom is -0.497 e. The third kappa shape index (κ3) is 6.26. The topological polar surface area (TPSA) is 69.2 Å². The molecule has 2 rings (SSSR count). The molecule has 1 amide bonds. The van der Waals surface area contributed by atoms with Crippen molar-refractivity contribution in [3.8, 4) is 5.75 Å². The molecule has 7 nitrogen and oxygen atoms in total. The van der Waals surface area contributed by atoms with Crippen molar-refractivity contribution in [2.24, 2.45) is 4.99 Å². The number of guanidine groups is 1. The van der Waals surface area contributed by atoms with Crippen LogP contribution >= 0.6 is 0 Å². The summed E-state index contributed by atoms with van der Waals surface area (Å²) in [4.78, 5) is 19.9. The summed E-state index contributed by atoms with van der Waals surface area (Å²) in [6.07, 6.45) is 0. The first-order valence-electron chi connectivity index (χ1n) is 8.67. The highest BCUT2D eigenvalue weighted by Gasteiger charge is 2.17. The molecule has 1 aromatic carbocycles. The van der Waals surface area contributed by atoms with E-state index in [4.69, 9.17) is 4.74 Å². The molecule has 0 atom stereocenters. The molecule has 138 valence electrons. The Kier molecular flexibility index (Phi) is 7.53. The maximum Gasteiger partial charge on any atom is 0.219 e. The van der Waals surface area contributed by atoms with Gasteiger partial charge in [-0.05, 0) is 17.7 Å². The van der Waals surface area contributed by atoms with Crippen molar-refractivity contribution in [3.63, 3.8) is 0 Å². The average molecular weight is 347 g/mol. The van der Waals surface area contributed by atoms with Crippen LogP contribution in [0.15, 0.2) is 29.3 Å². The lowest BCUT2D eigenvalue weighted by molar-refractivity contribution is -0.130. The van der Waals surface area contributed by atoms with Crippen LogP contribution in [0, 0.1) is 0 Å². The van der Waals surface area contributed by atoms with Crippen molar-refractivity contribution in [2.45, 2.75) is 13.5 Å². The average Bonchev–Trinajstić information content (AvgIpc) is 2.65. The number of nitrogens with zero attached hydrogens (tertiary/aromatic N) is 3. The number of benzene rings is 1. The molecule has 0 spiro atoms. The summed E-state index contributed by atoms with van der Waals surface area (Å²) < 4.78 is 5.16. The van der Waals surface area contributed by atoms with Gasteiger partial charge in [-0.15, -0.1) is 0 Å². The lowest BCUT2D eigenvalue weighted by Gasteiger charge is -2.34. The number of carbonyl (C=O) groups excluding carboxylic acids is 1. The van der Waals surface area contributed by atoms with Gasteiger partial charge in [-0.2, -0.15) is 0 Å². The zero-order chi connectivity index (χ0) is 18.1. The first-order chi connectivity index (χ1) is 12.1. The zero-order valence-corrected chi connectivity index (χ0v) is 15.4. The van der Waals surface area contributed by atoms with Crippen LogP contribution in [-0.2, 0) is 11.3 Å². The van der Waals surface area contributed by atoms with E-state index in [9.17, 15) is 4.79 Å². The monoisotopic (exact) mass is 347 g/mol. The fourth-order valence-electron chi connectivity index (χ4n) is 2.77. The van der Waals surface area contributed by atoms with Crippen molar-refractivity contribution in [1.82, 2.24) is 20.4 Å². The largest absolute Gasteiger partial charge is 0.497 e. The van der Waals surface area contributed by atoms with Crippen molar-refractivity contribution >= 4 is 11.9 Å². The fourth-order valence-corrected chi connectivity index (χ4v) is 2.77. The molecule has 1 aliphatic rings. The highest BCUT2D eigenvalue weighted by molar-refractivity contribution is 5.79. The van der Waals surface area contributed by atoms with Gasteiger partial charge < -0.3 is 20.3 Å². The second kappa shape index (κ2) is 9.88. The number of aliphatic imine (C=N–C) groups is 1. The Morgan fingerprint density at radius 2 is 1.84 bits per heavy atom. The van der Waals surface area contributed by atoms with Gasteiger partial charge >= 0.3 is 0 Å². The molecule has 0 bridgehead atoms. The van der Waals surface area contributed by atoms with Gasteiger partial charge in [0.2, 0.25) is 5.91 Å². The fraction of sp³-hybridized carbons (Fsp3) is 0.556. The van der Waals surface area contributed by atoms with E-state index >= 15 is 0 Å². The zero-order valence-electron chi connectivity index (χ0n) is 15.4. The van der Waals surface area contributed by atoms with E-state index < -0.39 is 0 Å². The van der Waals surface area contributed by atoms with Gasteiger partial charge in [0, 0.05) is 59.8 Å². The van der Waals surface area contributed by atoms with Crippen LogP contribution in [0.3, 0.4) is 0 Å². The lowest BCUT2D eigenvalue weighted by Crippen LogP contribution is -2.50. The number of hydrogen-bond donors (Lipinski definition) is 2. The molecule has 0 saturated carbocycles. The van der Waals surface area contributed by atoms with E-state index in [0.717, 1.165) is 51.0 Å². The number of amides is 1. The molecule has 1 aromatic rings. The van der Waals surface area contributed by atoms with Crippen LogP contribution in [0.25, 0.3) is 0 Å². The summed E-state index contributed by atoms with van der Waals surface area (Å²) in [6, 6.07) is 7.98. The Hall–Kier alpha value is -2.28. The maximum absolute atomic E-state index is 11.3. The lowest BCUT2D eigenvalue weighted by atomic mass is 10.2. The molecular weight excluding hydrogens is 318 g/mol. The smallest absolute Gasteiger partial charge is 0.219 e. The molecule has 1 aliphatic heterocycles. The van der Waals surface area contributed by atoms with Crippen molar-refractivity contribution < 1.29 is 9.53 Å². The van der Waals surface area contributed by atoms with Crippen LogP contribution in [0.4, 0.5) is 0 Å². The van der Waals surface area contributed by atoms with Crippen LogP contribution < -0.4 is 15.4 Å². The van der Waals surface area contributed by atoms with Gasteiger partial charge in [0.25, 0.3) is 0 Å².